The first kappa shape index (κ1) is 9.12. The van der Waals surface area contributed by atoms with Gasteiger partial charge >= 0.3 is 0 Å². The van der Waals surface area contributed by atoms with Crippen LogP contribution >= 0.6 is 11.3 Å². The molecule has 1 aliphatic carbocycles. The molecule has 2 atom stereocenters. The molecule has 0 aliphatic heterocycles. The maximum atomic E-state index is 9.32. The molecule has 3 nitrogen and oxygen atoms in total. The predicted molar refractivity (Wildman–Crippen MR) is 52.7 cm³/mol. The Balaban J connectivity index is 1.79. The van der Waals surface area contributed by atoms with Crippen LogP contribution in [0.15, 0.2) is 6.20 Å². The number of aryl methyl sites for hydroxylation is 1. The van der Waals surface area contributed by atoms with Gasteiger partial charge in [-0.25, -0.2) is 4.98 Å². The van der Waals surface area contributed by atoms with Crippen LogP contribution in [0.3, 0.4) is 0 Å². The summed E-state index contributed by atoms with van der Waals surface area (Å²) >= 11 is 1.71. The Morgan fingerprint density at radius 2 is 2.54 bits per heavy atom. The van der Waals surface area contributed by atoms with Gasteiger partial charge in [0.15, 0.2) is 0 Å². The van der Waals surface area contributed by atoms with Crippen molar-refractivity contribution >= 4 is 11.3 Å². The Bertz CT molecular complexity index is 287. The molecule has 0 unspecified atom stereocenters. The van der Waals surface area contributed by atoms with Crippen LogP contribution < -0.4 is 5.32 Å². The molecule has 0 spiro atoms. The van der Waals surface area contributed by atoms with E-state index in [4.69, 9.17) is 0 Å². The molecule has 13 heavy (non-hydrogen) atoms. The number of aliphatic hydroxyl groups is 1. The van der Waals surface area contributed by atoms with E-state index < -0.39 is 0 Å². The lowest BCUT2D eigenvalue weighted by atomic mass is 9.89. The molecular formula is C9H14N2OS. The fourth-order valence-corrected chi connectivity index (χ4v) is 2.19. The van der Waals surface area contributed by atoms with E-state index in [1.54, 1.807) is 11.3 Å². The van der Waals surface area contributed by atoms with Crippen molar-refractivity contribution in [2.75, 3.05) is 0 Å². The van der Waals surface area contributed by atoms with Crippen molar-refractivity contribution in [2.24, 2.45) is 0 Å². The summed E-state index contributed by atoms with van der Waals surface area (Å²) in [6.45, 7) is 2.85. The first-order valence-electron chi connectivity index (χ1n) is 4.58. The smallest absolute Gasteiger partial charge is 0.0897 e. The minimum Gasteiger partial charge on any atom is -0.392 e. The van der Waals surface area contributed by atoms with Crippen molar-refractivity contribution in [2.45, 2.75) is 38.5 Å². The number of nitrogens with one attached hydrogen (secondary N) is 1. The zero-order chi connectivity index (χ0) is 9.26. The van der Waals surface area contributed by atoms with Crippen LogP contribution in [0.2, 0.25) is 0 Å². The standard InChI is InChI=1S/C9H14N2OS/c1-6-10-4-7(13-6)5-11-8-2-3-9(8)12/h4,8-9,11-12H,2-3,5H2,1H3/t8-,9-/m1/s1. The van der Waals surface area contributed by atoms with Crippen LogP contribution in [-0.2, 0) is 6.54 Å². The van der Waals surface area contributed by atoms with Crippen molar-refractivity contribution in [1.29, 1.82) is 0 Å². The van der Waals surface area contributed by atoms with Gasteiger partial charge in [-0.05, 0) is 19.8 Å². The van der Waals surface area contributed by atoms with E-state index in [2.05, 4.69) is 10.3 Å². The molecule has 1 fully saturated rings. The van der Waals surface area contributed by atoms with Gasteiger partial charge in [0.2, 0.25) is 0 Å². The lowest BCUT2D eigenvalue weighted by Gasteiger charge is -2.32. The van der Waals surface area contributed by atoms with Gasteiger partial charge in [0.1, 0.15) is 0 Å². The largest absolute Gasteiger partial charge is 0.392 e. The molecule has 0 saturated heterocycles. The van der Waals surface area contributed by atoms with Crippen LogP contribution in [0.5, 0.6) is 0 Å². The first-order chi connectivity index (χ1) is 6.25. The summed E-state index contributed by atoms with van der Waals surface area (Å²) in [6, 6.07) is 0.308. The second-order valence-corrected chi connectivity index (χ2v) is 4.80. The third-order valence-electron chi connectivity index (χ3n) is 2.45. The van der Waals surface area contributed by atoms with E-state index in [9.17, 15) is 5.11 Å². The number of nitrogens with zero attached hydrogens (tertiary/aromatic N) is 1. The second-order valence-electron chi connectivity index (χ2n) is 3.48. The van der Waals surface area contributed by atoms with Crippen LogP contribution in [0, 0.1) is 6.92 Å². The quantitative estimate of drug-likeness (QED) is 0.763. The van der Waals surface area contributed by atoms with Crippen molar-refractivity contribution in [3.63, 3.8) is 0 Å². The summed E-state index contributed by atoms with van der Waals surface area (Å²) in [6.07, 6.45) is 3.81. The lowest BCUT2D eigenvalue weighted by molar-refractivity contribution is 0.0494. The SMILES string of the molecule is Cc1ncc(CN[C@@H]2CC[C@H]2O)s1. The summed E-state index contributed by atoms with van der Waals surface area (Å²) in [4.78, 5) is 5.42. The molecule has 2 rings (SSSR count). The summed E-state index contributed by atoms with van der Waals surface area (Å²) in [7, 11) is 0. The first-order valence-corrected chi connectivity index (χ1v) is 5.40. The fraction of sp³-hybridized carbons (Fsp3) is 0.667. The van der Waals surface area contributed by atoms with Crippen LogP contribution in [0.25, 0.3) is 0 Å². The number of hydrogen-bond donors (Lipinski definition) is 2. The molecular weight excluding hydrogens is 184 g/mol. The Kier molecular flexibility index (Phi) is 2.62. The number of hydrogen-bond acceptors (Lipinski definition) is 4. The number of aromatic nitrogens is 1. The average Bonchev–Trinajstić information content (AvgIpc) is 2.49. The van der Waals surface area contributed by atoms with E-state index in [0.29, 0.717) is 6.04 Å². The van der Waals surface area contributed by atoms with Crippen LogP contribution in [0.4, 0.5) is 0 Å². The molecule has 1 aromatic rings. The Morgan fingerprint density at radius 1 is 1.69 bits per heavy atom. The van der Waals surface area contributed by atoms with Gasteiger partial charge in [-0.2, -0.15) is 0 Å². The van der Waals surface area contributed by atoms with Crippen LogP contribution in [0.1, 0.15) is 22.7 Å². The second kappa shape index (κ2) is 3.74. The van der Waals surface area contributed by atoms with Gasteiger partial charge in [-0.3, -0.25) is 0 Å². The topological polar surface area (TPSA) is 45.2 Å². The van der Waals surface area contributed by atoms with Crippen molar-refractivity contribution in [1.82, 2.24) is 10.3 Å². The van der Waals surface area contributed by atoms with Crippen molar-refractivity contribution in [3.05, 3.63) is 16.1 Å². The Labute approximate surface area is 81.8 Å². The third-order valence-corrected chi connectivity index (χ3v) is 3.36. The minimum atomic E-state index is -0.131. The highest BCUT2D eigenvalue weighted by atomic mass is 32.1. The number of thiazole rings is 1. The highest BCUT2D eigenvalue weighted by Crippen LogP contribution is 2.20. The summed E-state index contributed by atoms with van der Waals surface area (Å²) < 4.78 is 0. The molecule has 1 saturated carbocycles. The molecule has 0 aromatic carbocycles. The molecule has 4 heteroatoms. The zero-order valence-corrected chi connectivity index (χ0v) is 8.47. The Hall–Kier alpha value is -0.450. The number of rotatable bonds is 3. The molecule has 0 bridgehead atoms. The van der Waals surface area contributed by atoms with Crippen molar-refractivity contribution in [3.8, 4) is 0 Å². The zero-order valence-electron chi connectivity index (χ0n) is 7.66. The van der Waals surface area contributed by atoms with E-state index in [1.807, 2.05) is 13.1 Å². The monoisotopic (exact) mass is 198 g/mol. The van der Waals surface area contributed by atoms with Crippen LogP contribution in [-0.4, -0.2) is 22.2 Å². The molecule has 1 aromatic heterocycles. The van der Waals surface area contributed by atoms with Gasteiger partial charge in [0.05, 0.1) is 11.1 Å². The molecule has 0 amide bonds. The Morgan fingerprint density at radius 3 is 3.00 bits per heavy atom. The molecule has 1 aliphatic rings. The minimum absolute atomic E-state index is 0.131. The highest BCUT2D eigenvalue weighted by molar-refractivity contribution is 7.11. The lowest BCUT2D eigenvalue weighted by Crippen LogP contribution is -2.47. The van der Waals surface area contributed by atoms with E-state index >= 15 is 0 Å². The predicted octanol–water partition coefficient (Wildman–Crippen LogP) is 1.06. The van der Waals surface area contributed by atoms with E-state index in [1.165, 1.54) is 4.88 Å². The molecule has 0 radical (unpaired) electrons. The summed E-state index contributed by atoms with van der Waals surface area (Å²) in [5.74, 6) is 0. The van der Waals surface area contributed by atoms with Gasteiger partial charge in [-0.1, -0.05) is 0 Å². The van der Waals surface area contributed by atoms with Crippen molar-refractivity contribution < 1.29 is 5.11 Å². The maximum Gasteiger partial charge on any atom is 0.0897 e. The number of aliphatic hydroxyl groups excluding tert-OH is 1. The van der Waals surface area contributed by atoms with Gasteiger partial charge < -0.3 is 10.4 Å². The third kappa shape index (κ3) is 2.07. The average molecular weight is 198 g/mol. The maximum absolute atomic E-state index is 9.32. The molecule has 72 valence electrons. The van der Waals surface area contributed by atoms with Gasteiger partial charge in [-0.15, -0.1) is 11.3 Å². The summed E-state index contributed by atoms with van der Waals surface area (Å²) in [5, 5.41) is 13.7. The molecule has 2 N–H and O–H groups in total. The highest BCUT2D eigenvalue weighted by Gasteiger charge is 2.27. The molecule has 1 heterocycles. The fourth-order valence-electron chi connectivity index (χ4n) is 1.44. The summed E-state index contributed by atoms with van der Waals surface area (Å²) in [5.41, 5.74) is 0. The van der Waals surface area contributed by atoms with Gasteiger partial charge in [0, 0.05) is 23.7 Å². The van der Waals surface area contributed by atoms with E-state index in [0.717, 1.165) is 24.4 Å². The van der Waals surface area contributed by atoms with Gasteiger partial charge in [0.25, 0.3) is 0 Å². The van der Waals surface area contributed by atoms with E-state index in [-0.39, 0.29) is 6.10 Å². The normalized spacial score (nSPS) is 27.2.